The van der Waals surface area contributed by atoms with Crippen molar-refractivity contribution in [3.05, 3.63) is 0 Å². The lowest BCUT2D eigenvalue weighted by Crippen LogP contribution is -2.42. The molecule has 60 valence electrons. The molecule has 1 unspecified atom stereocenters. The van der Waals surface area contributed by atoms with Gasteiger partial charge in [0.05, 0.1) is 12.1 Å². The van der Waals surface area contributed by atoms with Crippen LogP contribution in [0.3, 0.4) is 0 Å². The number of nitrogens with zero attached hydrogens (tertiary/aromatic N) is 1. The van der Waals surface area contributed by atoms with Crippen molar-refractivity contribution in [1.82, 2.24) is 10.6 Å². The maximum Gasteiger partial charge on any atom is 0.238 e. The molecule has 0 bridgehead atoms. The van der Waals surface area contributed by atoms with Gasteiger partial charge in [-0.25, -0.2) is 0 Å². The van der Waals surface area contributed by atoms with E-state index < -0.39 is 0 Å². The Labute approximate surface area is 69.3 Å². The quantitative estimate of drug-likeness (QED) is 0.539. The van der Waals surface area contributed by atoms with Gasteiger partial charge < -0.3 is 5.32 Å². The standard InChI is InChI=1S/C6H9N3OS/c7-1-2-8-6(10)5-3-11-4-9-5/h5,9H,2-4H2,(H,8,10). The van der Waals surface area contributed by atoms with Crippen LogP contribution in [-0.2, 0) is 4.79 Å². The number of hydrogen-bond acceptors (Lipinski definition) is 4. The second-order valence-corrected chi connectivity index (χ2v) is 3.18. The summed E-state index contributed by atoms with van der Waals surface area (Å²) in [6.45, 7) is 0.0989. The number of rotatable bonds is 2. The minimum Gasteiger partial charge on any atom is -0.342 e. The van der Waals surface area contributed by atoms with Crippen LogP contribution < -0.4 is 10.6 Å². The first-order valence-corrected chi connectivity index (χ1v) is 4.46. The zero-order chi connectivity index (χ0) is 8.10. The Balaban J connectivity index is 2.24. The summed E-state index contributed by atoms with van der Waals surface area (Å²) in [5.74, 6) is 1.55. The summed E-state index contributed by atoms with van der Waals surface area (Å²) in [5, 5.41) is 13.7. The Morgan fingerprint density at radius 3 is 3.27 bits per heavy atom. The summed E-state index contributed by atoms with van der Waals surface area (Å²) in [6.07, 6.45) is 0. The number of nitrogens with one attached hydrogen (secondary N) is 2. The number of thioether (sulfide) groups is 1. The number of amides is 1. The predicted molar refractivity (Wildman–Crippen MR) is 42.9 cm³/mol. The van der Waals surface area contributed by atoms with E-state index in [0.29, 0.717) is 0 Å². The first-order valence-electron chi connectivity index (χ1n) is 3.30. The summed E-state index contributed by atoms with van der Waals surface area (Å²) in [5.41, 5.74) is 0. The maximum absolute atomic E-state index is 11.1. The molecule has 1 atom stereocenters. The van der Waals surface area contributed by atoms with Gasteiger partial charge in [-0.15, -0.1) is 11.8 Å². The Bertz CT molecular complexity index is 183. The lowest BCUT2D eigenvalue weighted by atomic mass is 10.3. The van der Waals surface area contributed by atoms with Crippen molar-refractivity contribution >= 4 is 17.7 Å². The van der Waals surface area contributed by atoms with Gasteiger partial charge in [-0.05, 0) is 0 Å². The number of carbonyl (C=O) groups is 1. The summed E-state index contributed by atoms with van der Waals surface area (Å²) in [6, 6.07) is 1.75. The molecule has 5 heteroatoms. The van der Waals surface area contributed by atoms with Crippen molar-refractivity contribution in [3.63, 3.8) is 0 Å². The Kier molecular flexibility index (Phi) is 3.20. The van der Waals surface area contributed by atoms with Gasteiger partial charge in [0.1, 0.15) is 6.54 Å². The fourth-order valence-corrected chi connectivity index (χ4v) is 1.76. The van der Waals surface area contributed by atoms with Crippen LogP contribution in [0.4, 0.5) is 0 Å². The SMILES string of the molecule is N#CCNC(=O)C1CSCN1. The smallest absolute Gasteiger partial charge is 0.238 e. The normalized spacial score (nSPS) is 22.6. The van der Waals surface area contributed by atoms with Crippen LogP contribution in [-0.4, -0.2) is 30.1 Å². The molecule has 1 fully saturated rings. The monoisotopic (exact) mass is 171 g/mol. The van der Waals surface area contributed by atoms with Crippen molar-refractivity contribution in [3.8, 4) is 6.07 Å². The van der Waals surface area contributed by atoms with Crippen LogP contribution in [0, 0.1) is 11.3 Å². The Hall–Kier alpha value is -0.730. The number of hydrogen-bond donors (Lipinski definition) is 2. The Morgan fingerprint density at radius 2 is 2.73 bits per heavy atom. The van der Waals surface area contributed by atoms with E-state index in [2.05, 4.69) is 10.6 Å². The minimum atomic E-state index is -0.103. The zero-order valence-electron chi connectivity index (χ0n) is 5.96. The van der Waals surface area contributed by atoms with E-state index in [1.54, 1.807) is 11.8 Å². The molecular weight excluding hydrogens is 162 g/mol. The van der Waals surface area contributed by atoms with Gasteiger partial charge in [-0.1, -0.05) is 0 Å². The van der Waals surface area contributed by atoms with E-state index in [-0.39, 0.29) is 18.5 Å². The van der Waals surface area contributed by atoms with Crippen molar-refractivity contribution in [2.24, 2.45) is 0 Å². The van der Waals surface area contributed by atoms with Crippen LogP contribution >= 0.6 is 11.8 Å². The van der Waals surface area contributed by atoms with Crippen LogP contribution in [0.5, 0.6) is 0 Å². The van der Waals surface area contributed by atoms with Crippen LogP contribution in [0.2, 0.25) is 0 Å². The molecule has 1 heterocycles. The van der Waals surface area contributed by atoms with Crippen molar-refractivity contribution in [1.29, 1.82) is 5.26 Å². The van der Waals surface area contributed by atoms with Gasteiger partial charge >= 0.3 is 0 Å². The third kappa shape index (κ3) is 2.41. The highest BCUT2D eigenvalue weighted by atomic mass is 32.2. The second kappa shape index (κ2) is 4.21. The first kappa shape index (κ1) is 8.37. The zero-order valence-corrected chi connectivity index (χ0v) is 6.78. The molecular formula is C6H9N3OS. The van der Waals surface area contributed by atoms with Gasteiger partial charge in [0.15, 0.2) is 0 Å². The van der Waals surface area contributed by atoms with Gasteiger partial charge in [-0.2, -0.15) is 5.26 Å². The molecule has 0 aromatic rings. The third-order valence-electron chi connectivity index (χ3n) is 1.37. The Morgan fingerprint density at radius 1 is 1.91 bits per heavy atom. The summed E-state index contributed by atoms with van der Waals surface area (Å²) in [7, 11) is 0. The number of nitriles is 1. The molecule has 0 radical (unpaired) electrons. The van der Waals surface area contributed by atoms with E-state index in [0.717, 1.165) is 11.6 Å². The molecule has 2 N–H and O–H groups in total. The van der Waals surface area contributed by atoms with Gasteiger partial charge in [0.2, 0.25) is 5.91 Å². The van der Waals surface area contributed by atoms with Gasteiger partial charge in [0, 0.05) is 11.6 Å². The van der Waals surface area contributed by atoms with Gasteiger partial charge in [0.25, 0.3) is 0 Å². The number of carbonyl (C=O) groups excluding carboxylic acids is 1. The summed E-state index contributed by atoms with van der Waals surface area (Å²) < 4.78 is 0. The fourth-order valence-electron chi connectivity index (χ4n) is 0.813. The maximum atomic E-state index is 11.1. The van der Waals surface area contributed by atoms with E-state index in [1.165, 1.54) is 0 Å². The molecule has 0 aliphatic carbocycles. The molecule has 1 amide bonds. The van der Waals surface area contributed by atoms with Crippen molar-refractivity contribution < 1.29 is 4.79 Å². The van der Waals surface area contributed by atoms with Crippen molar-refractivity contribution in [2.75, 3.05) is 18.2 Å². The summed E-state index contributed by atoms with van der Waals surface area (Å²) >= 11 is 1.69. The highest BCUT2D eigenvalue weighted by Gasteiger charge is 2.21. The predicted octanol–water partition coefficient (Wildman–Crippen LogP) is -0.711. The van der Waals surface area contributed by atoms with Gasteiger partial charge in [-0.3, -0.25) is 10.1 Å². The lowest BCUT2D eigenvalue weighted by Gasteiger charge is -2.06. The van der Waals surface area contributed by atoms with E-state index >= 15 is 0 Å². The highest BCUT2D eigenvalue weighted by molar-refractivity contribution is 7.99. The van der Waals surface area contributed by atoms with Crippen molar-refractivity contribution in [2.45, 2.75) is 6.04 Å². The van der Waals surface area contributed by atoms with Crippen LogP contribution in [0.15, 0.2) is 0 Å². The topological polar surface area (TPSA) is 64.9 Å². The fraction of sp³-hybridized carbons (Fsp3) is 0.667. The lowest BCUT2D eigenvalue weighted by molar-refractivity contribution is -0.122. The first-order chi connectivity index (χ1) is 5.34. The molecule has 1 saturated heterocycles. The highest BCUT2D eigenvalue weighted by Crippen LogP contribution is 2.08. The van der Waals surface area contributed by atoms with E-state index in [4.69, 9.17) is 5.26 Å². The van der Waals surface area contributed by atoms with Crippen LogP contribution in [0.25, 0.3) is 0 Å². The molecule has 1 aliphatic heterocycles. The molecule has 0 saturated carbocycles. The second-order valence-electron chi connectivity index (χ2n) is 2.15. The molecule has 1 aliphatic rings. The van der Waals surface area contributed by atoms with Crippen LogP contribution in [0.1, 0.15) is 0 Å². The molecule has 0 spiro atoms. The third-order valence-corrected chi connectivity index (χ3v) is 2.31. The van der Waals surface area contributed by atoms with E-state index in [1.807, 2.05) is 6.07 Å². The minimum absolute atomic E-state index is 0.0726. The molecule has 0 aromatic carbocycles. The largest absolute Gasteiger partial charge is 0.342 e. The summed E-state index contributed by atoms with van der Waals surface area (Å²) in [4.78, 5) is 11.1. The molecule has 11 heavy (non-hydrogen) atoms. The van der Waals surface area contributed by atoms with E-state index in [9.17, 15) is 4.79 Å². The molecule has 1 rings (SSSR count). The average Bonchev–Trinajstić information content (AvgIpc) is 2.52. The average molecular weight is 171 g/mol. The molecule has 0 aromatic heterocycles. The molecule has 4 nitrogen and oxygen atoms in total.